The summed E-state index contributed by atoms with van der Waals surface area (Å²) >= 11 is 0. The van der Waals surface area contributed by atoms with Crippen LogP contribution in [-0.2, 0) is 0 Å². The van der Waals surface area contributed by atoms with E-state index in [-0.39, 0.29) is 18.0 Å². The van der Waals surface area contributed by atoms with Crippen molar-refractivity contribution in [2.75, 3.05) is 6.54 Å². The van der Waals surface area contributed by atoms with Gasteiger partial charge in [0, 0.05) is 18.8 Å². The SMILES string of the molecule is Cc1ccc([C@@H](O)CNC(=O)c2ccc(=O)[nH]c2)cc1. The quantitative estimate of drug-likeness (QED) is 0.780. The molecule has 0 saturated carbocycles. The lowest BCUT2D eigenvalue weighted by Crippen LogP contribution is -2.28. The minimum Gasteiger partial charge on any atom is -0.387 e. The number of aliphatic hydroxyl groups excluding tert-OH is 1. The molecule has 0 unspecified atom stereocenters. The van der Waals surface area contributed by atoms with Gasteiger partial charge in [0.2, 0.25) is 5.56 Å². The highest BCUT2D eigenvalue weighted by Gasteiger charge is 2.10. The van der Waals surface area contributed by atoms with Crippen molar-refractivity contribution in [3.63, 3.8) is 0 Å². The van der Waals surface area contributed by atoms with Crippen LogP contribution in [0, 0.1) is 6.92 Å². The van der Waals surface area contributed by atoms with Gasteiger partial charge in [-0.25, -0.2) is 0 Å². The zero-order valence-electron chi connectivity index (χ0n) is 11.1. The first-order valence-electron chi connectivity index (χ1n) is 6.28. The van der Waals surface area contributed by atoms with Crippen LogP contribution in [0.1, 0.15) is 27.6 Å². The van der Waals surface area contributed by atoms with Crippen molar-refractivity contribution >= 4 is 5.91 Å². The average Bonchev–Trinajstić information content (AvgIpc) is 2.46. The van der Waals surface area contributed by atoms with Gasteiger partial charge in [-0.1, -0.05) is 29.8 Å². The first-order valence-corrected chi connectivity index (χ1v) is 6.28. The Labute approximate surface area is 116 Å². The normalized spacial score (nSPS) is 11.9. The van der Waals surface area contributed by atoms with Crippen LogP contribution >= 0.6 is 0 Å². The van der Waals surface area contributed by atoms with Gasteiger partial charge < -0.3 is 15.4 Å². The number of benzene rings is 1. The van der Waals surface area contributed by atoms with Crippen molar-refractivity contribution in [1.29, 1.82) is 0 Å². The fourth-order valence-electron chi connectivity index (χ4n) is 1.75. The summed E-state index contributed by atoms with van der Waals surface area (Å²) in [6.07, 6.45) is 0.581. The Kier molecular flexibility index (Phi) is 4.32. The summed E-state index contributed by atoms with van der Waals surface area (Å²) in [7, 11) is 0. The zero-order valence-corrected chi connectivity index (χ0v) is 11.1. The Bertz CT molecular complexity index is 626. The second kappa shape index (κ2) is 6.16. The van der Waals surface area contributed by atoms with Crippen LogP contribution in [0.15, 0.2) is 47.4 Å². The molecule has 3 N–H and O–H groups in total. The first kappa shape index (κ1) is 14.0. The molecule has 1 aromatic heterocycles. The molecule has 0 aliphatic carbocycles. The topological polar surface area (TPSA) is 82.2 Å². The van der Waals surface area contributed by atoms with Crippen molar-refractivity contribution < 1.29 is 9.90 Å². The van der Waals surface area contributed by atoms with Gasteiger partial charge in [0.15, 0.2) is 0 Å². The number of aromatic nitrogens is 1. The summed E-state index contributed by atoms with van der Waals surface area (Å²) in [4.78, 5) is 25.1. The number of amides is 1. The highest BCUT2D eigenvalue weighted by Crippen LogP contribution is 2.12. The van der Waals surface area contributed by atoms with Crippen molar-refractivity contribution in [3.8, 4) is 0 Å². The summed E-state index contributed by atoms with van der Waals surface area (Å²) in [5.74, 6) is -0.340. The summed E-state index contributed by atoms with van der Waals surface area (Å²) < 4.78 is 0. The third-order valence-electron chi connectivity index (χ3n) is 2.96. The molecule has 5 nitrogen and oxygen atoms in total. The lowest BCUT2D eigenvalue weighted by atomic mass is 10.1. The van der Waals surface area contributed by atoms with Crippen LogP contribution < -0.4 is 10.9 Å². The Balaban J connectivity index is 1.94. The van der Waals surface area contributed by atoms with E-state index < -0.39 is 6.10 Å². The van der Waals surface area contributed by atoms with Gasteiger partial charge in [-0.2, -0.15) is 0 Å². The maximum Gasteiger partial charge on any atom is 0.252 e. The predicted octanol–water partition coefficient (Wildman–Crippen LogP) is 1.15. The van der Waals surface area contributed by atoms with Crippen LogP contribution in [0.4, 0.5) is 0 Å². The van der Waals surface area contributed by atoms with Gasteiger partial charge in [0.05, 0.1) is 11.7 Å². The second-order valence-electron chi connectivity index (χ2n) is 4.58. The molecule has 1 amide bonds. The fraction of sp³-hybridized carbons (Fsp3) is 0.200. The van der Waals surface area contributed by atoms with Crippen LogP contribution in [0.3, 0.4) is 0 Å². The Hall–Kier alpha value is -2.40. The lowest BCUT2D eigenvalue weighted by molar-refractivity contribution is 0.0916. The van der Waals surface area contributed by atoms with Gasteiger partial charge in [-0.05, 0) is 18.6 Å². The smallest absolute Gasteiger partial charge is 0.252 e. The second-order valence-corrected chi connectivity index (χ2v) is 4.58. The molecule has 2 aromatic rings. The van der Waals surface area contributed by atoms with E-state index in [1.165, 1.54) is 18.3 Å². The molecular weight excluding hydrogens is 256 g/mol. The monoisotopic (exact) mass is 272 g/mol. The highest BCUT2D eigenvalue weighted by molar-refractivity contribution is 5.93. The van der Waals surface area contributed by atoms with E-state index in [1.54, 1.807) is 0 Å². The Morgan fingerprint density at radius 2 is 1.95 bits per heavy atom. The Morgan fingerprint density at radius 1 is 1.25 bits per heavy atom. The van der Waals surface area contributed by atoms with E-state index in [9.17, 15) is 14.7 Å². The number of hydrogen-bond donors (Lipinski definition) is 3. The molecule has 0 bridgehead atoms. The maximum absolute atomic E-state index is 11.8. The van der Waals surface area contributed by atoms with E-state index in [1.807, 2.05) is 31.2 Å². The molecule has 0 fully saturated rings. The number of carbonyl (C=O) groups excluding carboxylic acids is 1. The molecule has 0 radical (unpaired) electrons. The van der Waals surface area contributed by atoms with Gasteiger partial charge in [-0.15, -0.1) is 0 Å². The van der Waals surface area contributed by atoms with Gasteiger partial charge >= 0.3 is 0 Å². The van der Waals surface area contributed by atoms with Crippen molar-refractivity contribution in [3.05, 3.63) is 69.6 Å². The van der Waals surface area contributed by atoms with Crippen molar-refractivity contribution in [1.82, 2.24) is 10.3 Å². The number of hydrogen-bond acceptors (Lipinski definition) is 3. The van der Waals surface area contributed by atoms with Crippen LogP contribution in [0.25, 0.3) is 0 Å². The molecule has 1 heterocycles. The minimum absolute atomic E-state index is 0.112. The molecule has 1 atom stereocenters. The minimum atomic E-state index is -0.762. The largest absolute Gasteiger partial charge is 0.387 e. The van der Waals surface area contributed by atoms with Gasteiger partial charge in [-0.3, -0.25) is 9.59 Å². The summed E-state index contributed by atoms with van der Waals surface area (Å²) in [6.45, 7) is 2.08. The number of carbonyl (C=O) groups is 1. The first-order chi connectivity index (χ1) is 9.56. The number of pyridine rings is 1. The summed E-state index contributed by atoms with van der Waals surface area (Å²) in [6, 6.07) is 10.2. The molecule has 5 heteroatoms. The molecule has 0 saturated heterocycles. The third kappa shape index (κ3) is 3.55. The van der Waals surface area contributed by atoms with Gasteiger partial charge in [0.25, 0.3) is 5.91 Å². The molecule has 2 rings (SSSR count). The molecule has 0 aliphatic rings. The number of H-pyrrole nitrogens is 1. The number of aromatic amines is 1. The standard InChI is InChI=1S/C15H16N2O3/c1-10-2-4-11(5-3-10)13(18)9-17-15(20)12-6-7-14(19)16-8-12/h2-8,13,18H,9H2,1H3,(H,16,19)(H,17,20)/t13-/m0/s1. The highest BCUT2D eigenvalue weighted by atomic mass is 16.3. The van der Waals surface area contributed by atoms with Gasteiger partial charge in [0.1, 0.15) is 0 Å². The maximum atomic E-state index is 11.8. The molecule has 0 spiro atoms. The summed E-state index contributed by atoms with van der Waals surface area (Å²) in [5, 5.41) is 12.6. The number of rotatable bonds is 4. The van der Waals surface area contributed by atoms with E-state index >= 15 is 0 Å². The van der Waals surface area contributed by atoms with E-state index in [0.29, 0.717) is 5.56 Å². The number of nitrogens with one attached hydrogen (secondary N) is 2. The van der Waals surface area contributed by atoms with E-state index in [2.05, 4.69) is 10.3 Å². The van der Waals surface area contributed by atoms with Crippen LogP contribution in [0.2, 0.25) is 0 Å². The van der Waals surface area contributed by atoms with E-state index in [0.717, 1.165) is 11.1 Å². The molecule has 20 heavy (non-hydrogen) atoms. The molecule has 0 aliphatic heterocycles. The van der Waals surface area contributed by atoms with Crippen molar-refractivity contribution in [2.24, 2.45) is 0 Å². The molecule has 104 valence electrons. The predicted molar refractivity (Wildman–Crippen MR) is 75.5 cm³/mol. The summed E-state index contributed by atoms with van der Waals surface area (Å²) in [5.41, 5.74) is 1.94. The lowest BCUT2D eigenvalue weighted by Gasteiger charge is -2.12. The number of aliphatic hydroxyl groups is 1. The Morgan fingerprint density at radius 3 is 2.55 bits per heavy atom. The molecule has 1 aromatic carbocycles. The van der Waals surface area contributed by atoms with E-state index in [4.69, 9.17) is 0 Å². The van der Waals surface area contributed by atoms with Crippen LogP contribution in [0.5, 0.6) is 0 Å². The average molecular weight is 272 g/mol. The number of aryl methyl sites for hydroxylation is 1. The van der Waals surface area contributed by atoms with Crippen LogP contribution in [-0.4, -0.2) is 22.5 Å². The van der Waals surface area contributed by atoms with Crippen molar-refractivity contribution in [2.45, 2.75) is 13.0 Å². The zero-order chi connectivity index (χ0) is 14.5. The third-order valence-corrected chi connectivity index (χ3v) is 2.96. The fourth-order valence-corrected chi connectivity index (χ4v) is 1.75. The molecular formula is C15H16N2O3.